The summed E-state index contributed by atoms with van der Waals surface area (Å²) < 4.78 is 10.6. The van der Waals surface area contributed by atoms with Gasteiger partial charge in [-0.1, -0.05) is 18.7 Å². The van der Waals surface area contributed by atoms with Crippen molar-refractivity contribution in [1.29, 1.82) is 0 Å². The molecule has 0 radical (unpaired) electrons. The van der Waals surface area contributed by atoms with Crippen LogP contribution in [0, 0.1) is 0 Å². The highest BCUT2D eigenvalue weighted by Crippen LogP contribution is 2.23. The van der Waals surface area contributed by atoms with Crippen molar-refractivity contribution in [2.75, 3.05) is 0 Å². The van der Waals surface area contributed by atoms with Crippen molar-refractivity contribution >= 4 is 0 Å². The molecule has 2 N–H and O–H groups in total. The van der Waals surface area contributed by atoms with Gasteiger partial charge < -0.3 is 15.2 Å². The highest BCUT2D eigenvalue weighted by molar-refractivity contribution is 5.29. The molecule has 72 valence electrons. The molecule has 0 unspecified atom stereocenters. The van der Waals surface area contributed by atoms with Crippen LogP contribution < -0.4 is 5.73 Å². The standard InChI is InChI=1S/C10H15NO2/c1-4-8(6-9(11)5-2)10-12-7(3)13-10/h4-7,10H,1,11H2,2-3H3/b8-6+,9-5+. The zero-order valence-corrected chi connectivity index (χ0v) is 7.99. The Morgan fingerprint density at radius 2 is 2.08 bits per heavy atom. The van der Waals surface area contributed by atoms with Crippen molar-refractivity contribution in [3.8, 4) is 0 Å². The summed E-state index contributed by atoms with van der Waals surface area (Å²) in [6.45, 7) is 7.38. The summed E-state index contributed by atoms with van der Waals surface area (Å²) >= 11 is 0. The van der Waals surface area contributed by atoms with E-state index in [4.69, 9.17) is 15.2 Å². The molecule has 0 aromatic carbocycles. The molecule has 0 aliphatic carbocycles. The maximum Gasteiger partial charge on any atom is 0.189 e. The van der Waals surface area contributed by atoms with Crippen molar-refractivity contribution in [3.63, 3.8) is 0 Å². The smallest absolute Gasteiger partial charge is 0.189 e. The first kappa shape index (κ1) is 10.0. The van der Waals surface area contributed by atoms with E-state index in [0.29, 0.717) is 5.70 Å². The van der Waals surface area contributed by atoms with Gasteiger partial charge in [0.1, 0.15) is 0 Å². The van der Waals surface area contributed by atoms with Crippen molar-refractivity contribution < 1.29 is 9.47 Å². The van der Waals surface area contributed by atoms with Crippen LogP contribution in [-0.2, 0) is 9.47 Å². The second-order valence-corrected chi connectivity index (χ2v) is 2.81. The molecular formula is C10H15NO2. The van der Waals surface area contributed by atoms with Crippen molar-refractivity contribution in [1.82, 2.24) is 0 Å². The second-order valence-electron chi connectivity index (χ2n) is 2.81. The zero-order valence-electron chi connectivity index (χ0n) is 7.99. The molecule has 0 aromatic rings. The summed E-state index contributed by atoms with van der Waals surface area (Å²) in [7, 11) is 0. The van der Waals surface area contributed by atoms with Gasteiger partial charge in [0.15, 0.2) is 12.6 Å². The average Bonchev–Trinajstić information content (AvgIpc) is 2.09. The quantitative estimate of drug-likeness (QED) is 0.674. The minimum Gasteiger partial charge on any atom is -0.399 e. The number of rotatable bonds is 3. The third-order valence-corrected chi connectivity index (χ3v) is 1.81. The van der Waals surface area contributed by atoms with Crippen LogP contribution in [0.15, 0.2) is 36.1 Å². The third-order valence-electron chi connectivity index (χ3n) is 1.81. The summed E-state index contributed by atoms with van der Waals surface area (Å²) in [5.41, 5.74) is 7.16. The van der Waals surface area contributed by atoms with Gasteiger partial charge in [0.05, 0.1) is 0 Å². The molecule has 0 spiro atoms. The van der Waals surface area contributed by atoms with E-state index in [9.17, 15) is 0 Å². The van der Waals surface area contributed by atoms with Gasteiger partial charge in [0.2, 0.25) is 0 Å². The predicted molar refractivity (Wildman–Crippen MR) is 51.6 cm³/mol. The van der Waals surface area contributed by atoms with E-state index in [0.717, 1.165) is 5.57 Å². The Labute approximate surface area is 78.5 Å². The summed E-state index contributed by atoms with van der Waals surface area (Å²) in [6, 6.07) is 0. The molecule has 3 nitrogen and oxygen atoms in total. The van der Waals surface area contributed by atoms with Crippen LogP contribution in [0.5, 0.6) is 0 Å². The molecule has 3 heteroatoms. The SMILES string of the molecule is C=C/C(=C\C(N)=C/C)C1OC(C)O1. The normalized spacial score (nSPS) is 29.7. The van der Waals surface area contributed by atoms with Gasteiger partial charge in [0, 0.05) is 11.3 Å². The first-order chi connectivity index (χ1) is 6.17. The van der Waals surface area contributed by atoms with Crippen molar-refractivity contribution in [3.05, 3.63) is 36.1 Å². The summed E-state index contributed by atoms with van der Waals surface area (Å²) in [5, 5.41) is 0. The first-order valence-corrected chi connectivity index (χ1v) is 4.24. The number of hydrogen-bond donors (Lipinski definition) is 1. The minimum atomic E-state index is -0.300. The Hall–Kier alpha value is -1.06. The maximum atomic E-state index is 5.63. The lowest BCUT2D eigenvalue weighted by Crippen LogP contribution is -2.39. The summed E-state index contributed by atoms with van der Waals surface area (Å²) in [5.74, 6) is 0. The van der Waals surface area contributed by atoms with Crippen LogP contribution in [0.1, 0.15) is 13.8 Å². The van der Waals surface area contributed by atoms with Gasteiger partial charge in [-0.05, 0) is 19.9 Å². The fraction of sp³-hybridized carbons (Fsp3) is 0.400. The minimum absolute atomic E-state index is 0.125. The molecule has 1 heterocycles. The van der Waals surface area contributed by atoms with Gasteiger partial charge in [-0.2, -0.15) is 0 Å². The molecule has 0 aromatic heterocycles. The number of hydrogen-bond acceptors (Lipinski definition) is 3. The van der Waals surface area contributed by atoms with E-state index >= 15 is 0 Å². The third kappa shape index (κ3) is 2.44. The van der Waals surface area contributed by atoms with Crippen LogP contribution in [0.2, 0.25) is 0 Å². The molecule has 1 rings (SSSR count). The lowest BCUT2D eigenvalue weighted by molar-refractivity contribution is -0.357. The Morgan fingerprint density at radius 3 is 2.46 bits per heavy atom. The van der Waals surface area contributed by atoms with Crippen LogP contribution >= 0.6 is 0 Å². The van der Waals surface area contributed by atoms with Gasteiger partial charge in [-0.15, -0.1) is 0 Å². The van der Waals surface area contributed by atoms with Gasteiger partial charge in [0.25, 0.3) is 0 Å². The molecule has 1 saturated heterocycles. The Kier molecular flexibility index (Phi) is 3.28. The van der Waals surface area contributed by atoms with Gasteiger partial charge in [-0.25, -0.2) is 0 Å². The summed E-state index contributed by atoms with van der Waals surface area (Å²) in [6.07, 6.45) is 4.87. The van der Waals surface area contributed by atoms with E-state index in [1.54, 1.807) is 12.2 Å². The van der Waals surface area contributed by atoms with Crippen LogP contribution in [-0.4, -0.2) is 12.6 Å². The fourth-order valence-corrected chi connectivity index (χ4v) is 1.01. The average molecular weight is 181 g/mol. The van der Waals surface area contributed by atoms with Gasteiger partial charge in [-0.3, -0.25) is 0 Å². The monoisotopic (exact) mass is 181 g/mol. The van der Waals surface area contributed by atoms with Crippen LogP contribution in [0.25, 0.3) is 0 Å². The van der Waals surface area contributed by atoms with E-state index < -0.39 is 0 Å². The lowest BCUT2D eigenvalue weighted by Gasteiger charge is -2.34. The lowest BCUT2D eigenvalue weighted by atomic mass is 10.2. The zero-order chi connectivity index (χ0) is 9.84. The molecule has 1 aliphatic rings. The number of nitrogens with two attached hydrogens (primary N) is 1. The molecule has 0 amide bonds. The molecule has 0 bridgehead atoms. The second kappa shape index (κ2) is 4.25. The van der Waals surface area contributed by atoms with Crippen LogP contribution in [0.3, 0.4) is 0 Å². The van der Waals surface area contributed by atoms with Crippen molar-refractivity contribution in [2.24, 2.45) is 5.73 Å². The molecule has 1 fully saturated rings. The Bertz CT molecular complexity index is 250. The topological polar surface area (TPSA) is 44.5 Å². The molecule has 1 aliphatic heterocycles. The number of allylic oxidation sites excluding steroid dienone is 2. The summed E-state index contributed by atoms with van der Waals surface area (Å²) in [4.78, 5) is 0. The highest BCUT2D eigenvalue weighted by atomic mass is 16.9. The van der Waals surface area contributed by atoms with Gasteiger partial charge >= 0.3 is 0 Å². The molecule has 13 heavy (non-hydrogen) atoms. The maximum absolute atomic E-state index is 5.63. The largest absolute Gasteiger partial charge is 0.399 e. The molecule has 0 atom stereocenters. The van der Waals surface area contributed by atoms with Crippen molar-refractivity contribution in [2.45, 2.75) is 26.4 Å². The van der Waals surface area contributed by atoms with E-state index in [-0.39, 0.29) is 12.6 Å². The first-order valence-electron chi connectivity index (χ1n) is 4.24. The molecular weight excluding hydrogens is 166 g/mol. The molecule has 0 saturated carbocycles. The fourth-order valence-electron chi connectivity index (χ4n) is 1.01. The predicted octanol–water partition coefficient (Wildman–Crippen LogP) is 1.68. The van der Waals surface area contributed by atoms with Crippen LogP contribution in [0.4, 0.5) is 0 Å². The van der Waals surface area contributed by atoms with E-state index in [1.165, 1.54) is 0 Å². The Balaban J connectivity index is 2.63. The van der Waals surface area contributed by atoms with E-state index in [2.05, 4.69) is 6.58 Å². The van der Waals surface area contributed by atoms with E-state index in [1.807, 2.05) is 19.9 Å². The Morgan fingerprint density at radius 1 is 1.46 bits per heavy atom. The number of ether oxygens (including phenoxy) is 2. The highest BCUT2D eigenvalue weighted by Gasteiger charge is 2.28.